The topological polar surface area (TPSA) is 85.2 Å². The van der Waals surface area contributed by atoms with Gasteiger partial charge in [0, 0.05) is 42.9 Å². The summed E-state index contributed by atoms with van der Waals surface area (Å²) in [7, 11) is 1.30. The van der Waals surface area contributed by atoms with Crippen LogP contribution in [0.5, 0.6) is 0 Å². The van der Waals surface area contributed by atoms with E-state index in [0.29, 0.717) is 29.5 Å². The van der Waals surface area contributed by atoms with E-state index in [1.807, 2.05) is 0 Å². The minimum Gasteiger partial charge on any atom is -0.453 e. The number of anilines is 1. The van der Waals surface area contributed by atoms with Crippen molar-refractivity contribution in [3.8, 4) is 11.3 Å². The van der Waals surface area contributed by atoms with Crippen LogP contribution in [-0.4, -0.2) is 59.2 Å². The molecule has 0 bridgehead atoms. The van der Waals surface area contributed by atoms with Crippen LogP contribution < -0.4 is 5.32 Å². The Bertz CT molecular complexity index is 1210. The lowest BCUT2D eigenvalue weighted by molar-refractivity contribution is -0.114. The third-order valence-corrected chi connectivity index (χ3v) is 5.51. The highest BCUT2D eigenvalue weighted by Gasteiger charge is 2.29. The molecule has 2 aromatic heterocycles. The van der Waals surface area contributed by atoms with E-state index < -0.39 is 29.7 Å². The summed E-state index contributed by atoms with van der Waals surface area (Å²) in [6.07, 6.45) is 0.958. The van der Waals surface area contributed by atoms with Gasteiger partial charge in [0.25, 0.3) is 0 Å². The van der Waals surface area contributed by atoms with Crippen molar-refractivity contribution >= 4 is 34.9 Å². The molecule has 11 heteroatoms. The quantitative estimate of drug-likeness (QED) is 0.614. The number of nitrogens with zero attached hydrogens (tertiary/aromatic N) is 3. The predicted molar refractivity (Wildman–Crippen MR) is 117 cm³/mol. The van der Waals surface area contributed by atoms with Gasteiger partial charge in [0.15, 0.2) is 0 Å². The van der Waals surface area contributed by atoms with Crippen LogP contribution in [0.1, 0.15) is 12.6 Å². The first-order chi connectivity index (χ1) is 15.8. The summed E-state index contributed by atoms with van der Waals surface area (Å²) in [4.78, 5) is 29.2. The van der Waals surface area contributed by atoms with Crippen molar-refractivity contribution in [2.24, 2.45) is 0 Å². The van der Waals surface area contributed by atoms with E-state index in [4.69, 9.17) is 21.1 Å². The Kier molecular flexibility index (Phi) is 6.48. The molecule has 3 heterocycles. The highest BCUT2D eigenvalue weighted by atomic mass is 35.5. The first-order valence-electron chi connectivity index (χ1n) is 10.1. The molecule has 0 aliphatic carbocycles. The molecule has 2 amide bonds. The maximum Gasteiger partial charge on any atom is 0.409 e. The summed E-state index contributed by atoms with van der Waals surface area (Å²) in [6.45, 7) is 2.17. The number of ether oxygens (including phenoxy) is 2. The smallest absolute Gasteiger partial charge is 0.409 e. The van der Waals surface area contributed by atoms with Gasteiger partial charge < -0.3 is 24.1 Å². The van der Waals surface area contributed by atoms with Crippen molar-refractivity contribution in [1.29, 1.82) is 0 Å². The third-order valence-electron chi connectivity index (χ3n) is 5.28. The van der Waals surface area contributed by atoms with Gasteiger partial charge in [0.2, 0.25) is 5.91 Å². The van der Waals surface area contributed by atoms with Crippen molar-refractivity contribution < 1.29 is 27.8 Å². The monoisotopic (exact) mass is 478 g/mol. The Morgan fingerprint density at radius 3 is 2.70 bits per heavy atom. The number of halogens is 3. The van der Waals surface area contributed by atoms with Gasteiger partial charge in [-0.05, 0) is 18.2 Å². The van der Waals surface area contributed by atoms with E-state index in [9.17, 15) is 9.59 Å². The molecule has 1 atom stereocenters. The molecule has 4 rings (SSSR count). The molecule has 3 aromatic rings. The zero-order valence-corrected chi connectivity index (χ0v) is 18.7. The maximum atomic E-state index is 15.1. The van der Waals surface area contributed by atoms with E-state index in [1.54, 1.807) is 22.7 Å². The zero-order chi connectivity index (χ0) is 23.7. The van der Waals surface area contributed by atoms with Crippen molar-refractivity contribution in [3.63, 3.8) is 0 Å². The van der Waals surface area contributed by atoms with E-state index in [1.165, 1.54) is 18.9 Å². The number of methoxy groups -OCH3 is 1. The van der Waals surface area contributed by atoms with E-state index >= 15 is 8.78 Å². The number of nitrogens with one attached hydrogen (secondary N) is 1. The number of amides is 2. The van der Waals surface area contributed by atoms with Crippen LogP contribution in [0, 0.1) is 11.6 Å². The second kappa shape index (κ2) is 9.32. The number of fused-ring (bicyclic) bond motifs is 1. The molecule has 0 unspecified atom stereocenters. The summed E-state index contributed by atoms with van der Waals surface area (Å²) in [5, 5.41) is 2.78. The highest BCUT2D eigenvalue weighted by molar-refractivity contribution is 6.30. The number of benzene rings is 1. The fraction of sp³-hybridized carbons (Fsp3) is 0.318. The first-order valence-corrected chi connectivity index (χ1v) is 10.5. The number of pyridine rings is 1. The average Bonchev–Trinajstić information content (AvgIpc) is 3.09. The molecule has 1 aliphatic heterocycles. The van der Waals surface area contributed by atoms with Gasteiger partial charge in [-0.15, -0.1) is 0 Å². The number of morpholine rings is 1. The molecule has 33 heavy (non-hydrogen) atoms. The van der Waals surface area contributed by atoms with Crippen LogP contribution >= 0.6 is 11.6 Å². The van der Waals surface area contributed by atoms with Crippen LogP contribution in [-0.2, 0) is 20.7 Å². The summed E-state index contributed by atoms with van der Waals surface area (Å²) in [6, 6.07) is 5.30. The third kappa shape index (κ3) is 4.76. The van der Waals surface area contributed by atoms with Gasteiger partial charge in [-0.1, -0.05) is 11.6 Å². The minimum atomic E-state index is -0.879. The molecule has 0 spiro atoms. The van der Waals surface area contributed by atoms with E-state index in [2.05, 4.69) is 10.3 Å². The Morgan fingerprint density at radius 1 is 1.30 bits per heavy atom. The SMILES string of the molecule is COC(=O)N1CCO[C@@H](Cc2c(-c3c(F)cc(NC(C)=O)cc3F)nc3cc(Cl)ccn23)C1. The number of carbonyl (C=O) groups excluding carboxylic acids is 2. The number of carbonyl (C=O) groups is 2. The van der Waals surface area contributed by atoms with Crippen molar-refractivity contribution in [2.45, 2.75) is 19.4 Å². The average molecular weight is 479 g/mol. The second-order valence-electron chi connectivity index (χ2n) is 7.59. The Labute approximate surface area is 193 Å². The lowest BCUT2D eigenvalue weighted by Gasteiger charge is -2.32. The molecule has 1 fully saturated rings. The van der Waals surface area contributed by atoms with Crippen molar-refractivity contribution in [3.05, 3.63) is 52.8 Å². The number of hydrogen-bond acceptors (Lipinski definition) is 5. The molecular formula is C22H21ClF2N4O4. The van der Waals surface area contributed by atoms with Crippen LogP contribution in [0.25, 0.3) is 16.9 Å². The molecule has 1 aromatic carbocycles. The van der Waals surface area contributed by atoms with Crippen molar-refractivity contribution in [2.75, 3.05) is 32.1 Å². The number of hydrogen-bond donors (Lipinski definition) is 1. The van der Waals surface area contributed by atoms with Crippen LogP contribution in [0.2, 0.25) is 5.02 Å². The molecule has 1 N–H and O–H groups in total. The highest BCUT2D eigenvalue weighted by Crippen LogP contribution is 2.33. The van der Waals surface area contributed by atoms with Crippen LogP contribution in [0.15, 0.2) is 30.5 Å². The van der Waals surface area contributed by atoms with E-state index in [-0.39, 0.29) is 29.9 Å². The molecule has 174 valence electrons. The lowest BCUT2D eigenvalue weighted by Crippen LogP contribution is -2.46. The van der Waals surface area contributed by atoms with Gasteiger partial charge in [0.05, 0.1) is 43.3 Å². The number of aromatic nitrogens is 2. The second-order valence-corrected chi connectivity index (χ2v) is 8.03. The van der Waals surface area contributed by atoms with Crippen LogP contribution in [0.3, 0.4) is 0 Å². The normalized spacial score (nSPS) is 16.2. The predicted octanol–water partition coefficient (Wildman–Crippen LogP) is 3.90. The molecule has 1 saturated heterocycles. The zero-order valence-electron chi connectivity index (χ0n) is 17.9. The largest absolute Gasteiger partial charge is 0.453 e. The summed E-state index contributed by atoms with van der Waals surface area (Å²) >= 11 is 6.10. The summed E-state index contributed by atoms with van der Waals surface area (Å²) < 4.78 is 42.4. The Hall–Kier alpha value is -3.24. The standard InChI is InChI=1S/C22H21ClF2N4O4/c1-12(30)26-14-8-16(24)20(17(25)9-14)21-18(29-4-3-13(23)7-19(29)27-21)10-15-11-28(5-6-33-15)22(31)32-2/h3-4,7-9,15H,5-6,10-11H2,1-2H3,(H,26,30)/t15-/m0/s1. The lowest BCUT2D eigenvalue weighted by atomic mass is 10.0. The molecule has 1 aliphatic rings. The van der Waals surface area contributed by atoms with Gasteiger partial charge in [0.1, 0.15) is 17.3 Å². The van der Waals surface area contributed by atoms with Crippen molar-refractivity contribution in [1.82, 2.24) is 14.3 Å². The van der Waals surface area contributed by atoms with E-state index in [0.717, 1.165) is 12.1 Å². The number of imidazole rings is 1. The molecule has 8 nitrogen and oxygen atoms in total. The molecular weight excluding hydrogens is 458 g/mol. The Balaban J connectivity index is 1.78. The first kappa shape index (κ1) is 22.9. The van der Waals surface area contributed by atoms with Gasteiger partial charge in [-0.25, -0.2) is 18.6 Å². The molecule has 0 radical (unpaired) electrons. The fourth-order valence-corrected chi connectivity index (χ4v) is 4.05. The minimum absolute atomic E-state index is 0.000979. The maximum absolute atomic E-state index is 15.1. The summed E-state index contributed by atoms with van der Waals surface area (Å²) in [5.41, 5.74) is 0.639. The number of rotatable bonds is 4. The van der Waals surface area contributed by atoms with Gasteiger partial charge in [-0.3, -0.25) is 4.79 Å². The fourth-order valence-electron chi connectivity index (χ4n) is 3.89. The molecule has 0 saturated carbocycles. The van der Waals surface area contributed by atoms with Gasteiger partial charge >= 0.3 is 6.09 Å². The van der Waals surface area contributed by atoms with Gasteiger partial charge in [-0.2, -0.15) is 0 Å². The van der Waals surface area contributed by atoms with Crippen LogP contribution in [0.4, 0.5) is 19.3 Å². The summed E-state index contributed by atoms with van der Waals surface area (Å²) in [5.74, 6) is -2.21. The Morgan fingerprint density at radius 2 is 2.03 bits per heavy atom.